The number of aromatic nitrogens is 1. The Morgan fingerprint density at radius 2 is 2.04 bits per heavy atom. The summed E-state index contributed by atoms with van der Waals surface area (Å²) in [5, 5.41) is 2.75. The van der Waals surface area contributed by atoms with E-state index in [9.17, 15) is 19.2 Å². The largest absolute Gasteiger partial charge is 0.367 e. The first-order valence-corrected chi connectivity index (χ1v) is 9.27. The van der Waals surface area contributed by atoms with Gasteiger partial charge in [-0.3, -0.25) is 19.2 Å². The van der Waals surface area contributed by atoms with Crippen molar-refractivity contribution in [2.75, 3.05) is 13.7 Å². The fraction of sp³-hybridized carbons (Fsp3) is 0.579. The fourth-order valence-electron chi connectivity index (χ4n) is 3.13. The minimum atomic E-state index is -1.19. The van der Waals surface area contributed by atoms with Crippen molar-refractivity contribution in [3.63, 3.8) is 0 Å². The molecule has 1 aliphatic heterocycles. The van der Waals surface area contributed by atoms with Crippen LogP contribution in [0.1, 0.15) is 37.6 Å². The van der Waals surface area contributed by atoms with Gasteiger partial charge in [-0.05, 0) is 24.3 Å². The summed E-state index contributed by atoms with van der Waals surface area (Å²) in [5.74, 6) is -1.64. The molecule has 9 heteroatoms. The number of nitrogens with one attached hydrogen (secondary N) is 2. The zero-order valence-corrected chi connectivity index (χ0v) is 16.6. The van der Waals surface area contributed by atoms with Crippen LogP contribution in [0.25, 0.3) is 0 Å². The Bertz CT molecular complexity index is 731. The van der Waals surface area contributed by atoms with Gasteiger partial charge in [-0.15, -0.1) is 0 Å². The van der Waals surface area contributed by atoms with Gasteiger partial charge in [0.15, 0.2) is 11.9 Å². The first kappa shape index (κ1) is 21.6. The van der Waals surface area contributed by atoms with Gasteiger partial charge in [-0.25, -0.2) is 0 Å². The van der Waals surface area contributed by atoms with Crippen molar-refractivity contribution in [1.82, 2.24) is 15.2 Å². The van der Waals surface area contributed by atoms with Crippen molar-refractivity contribution >= 4 is 23.5 Å². The van der Waals surface area contributed by atoms with Crippen LogP contribution in [0, 0.1) is 11.8 Å². The van der Waals surface area contributed by atoms with E-state index in [0.29, 0.717) is 17.9 Å². The summed E-state index contributed by atoms with van der Waals surface area (Å²) in [6.07, 6.45) is 2.34. The molecule has 1 aromatic rings. The second-order valence-corrected chi connectivity index (χ2v) is 7.58. The van der Waals surface area contributed by atoms with Crippen LogP contribution in [0.15, 0.2) is 18.5 Å². The standard InChI is InChI=1S/C19H28N4O5/c1-10(2)11(3)7-13(22-18(26)12-5-6-21-8-12)19(27)23(4)15-14(24)9-28-16(15)17(20)25/h5-6,8,10-11,13,15-16,21H,7,9H2,1-4H3,(H2,20,25)(H,22,26)/t11?,13-,15?,16?/m0/s1. The Morgan fingerprint density at radius 3 is 2.57 bits per heavy atom. The third kappa shape index (κ3) is 4.78. The third-order valence-electron chi connectivity index (χ3n) is 5.28. The summed E-state index contributed by atoms with van der Waals surface area (Å²) in [5.41, 5.74) is 5.70. The first-order valence-electron chi connectivity index (χ1n) is 9.27. The number of primary amides is 1. The number of Topliss-reactive ketones (excluding diaryl/α,β-unsaturated/α-hetero) is 1. The number of hydrogen-bond acceptors (Lipinski definition) is 5. The summed E-state index contributed by atoms with van der Waals surface area (Å²) >= 11 is 0. The van der Waals surface area contributed by atoms with E-state index in [1.165, 1.54) is 18.1 Å². The number of H-pyrrole nitrogens is 1. The number of ether oxygens (including phenoxy) is 1. The van der Waals surface area contributed by atoms with Crippen LogP contribution in [-0.2, 0) is 19.1 Å². The predicted molar refractivity (Wildman–Crippen MR) is 101 cm³/mol. The molecule has 0 bridgehead atoms. The van der Waals surface area contributed by atoms with Gasteiger partial charge in [0.25, 0.3) is 5.91 Å². The molecule has 1 saturated heterocycles. The van der Waals surface area contributed by atoms with Gasteiger partial charge < -0.3 is 25.7 Å². The van der Waals surface area contributed by atoms with E-state index in [-0.39, 0.29) is 12.5 Å². The quantitative estimate of drug-likeness (QED) is 0.576. The van der Waals surface area contributed by atoms with E-state index in [2.05, 4.69) is 10.3 Å². The summed E-state index contributed by atoms with van der Waals surface area (Å²) in [6.45, 7) is 5.77. The van der Waals surface area contributed by atoms with Crippen LogP contribution in [-0.4, -0.2) is 65.2 Å². The lowest BCUT2D eigenvalue weighted by molar-refractivity contribution is -0.141. The van der Waals surface area contributed by atoms with Crippen molar-refractivity contribution in [3.05, 3.63) is 24.0 Å². The molecule has 9 nitrogen and oxygen atoms in total. The van der Waals surface area contributed by atoms with Crippen LogP contribution < -0.4 is 11.1 Å². The van der Waals surface area contributed by atoms with E-state index in [1.807, 2.05) is 20.8 Å². The van der Waals surface area contributed by atoms with Crippen molar-refractivity contribution in [3.8, 4) is 0 Å². The van der Waals surface area contributed by atoms with Crippen molar-refractivity contribution in [1.29, 1.82) is 0 Å². The Hall–Kier alpha value is -2.68. The smallest absolute Gasteiger partial charge is 0.253 e. The topological polar surface area (TPSA) is 135 Å². The molecule has 1 aromatic heterocycles. The van der Waals surface area contributed by atoms with E-state index in [1.54, 1.807) is 12.3 Å². The number of nitrogens with two attached hydrogens (primary N) is 1. The molecule has 2 heterocycles. The average Bonchev–Trinajstić information content (AvgIpc) is 3.29. The monoisotopic (exact) mass is 392 g/mol. The third-order valence-corrected chi connectivity index (χ3v) is 5.28. The van der Waals surface area contributed by atoms with Gasteiger partial charge in [0.2, 0.25) is 11.8 Å². The lowest BCUT2D eigenvalue weighted by Crippen LogP contribution is -2.56. The second-order valence-electron chi connectivity index (χ2n) is 7.58. The van der Waals surface area contributed by atoms with Crippen LogP contribution in [0.4, 0.5) is 0 Å². The van der Waals surface area contributed by atoms with Gasteiger partial charge in [0.1, 0.15) is 18.7 Å². The highest BCUT2D eigenvalue weighted by Crippen LogP contribution is 2.21. The second kappa shape index (κ2) is 9.01. The number of amides is 3. The predicted octanol–water partition coefficient (Wildman–Crippen LogP) is 0.0755. The highest BCUT2D eigenvalue weighted by Gasteiger charge is 2.45. The molecule has 2 rings (SSSR count). The Balaban J connectivity index is 2.22. The minimum Gasteiger partial charge on any atom is -0.367 e. The zero-order valence-electron chi connectivity index (χ0n) is 16.6. The molecule has 0 aromatic carbocycles. The number of ketones is 1. The molecule has 1 fully saturated rings. The van der Waals surface area contributed by atoms with Gasteiger partial charge in [-0.2, -0.15) is 0 Å². The first-order chi connectivity index (χ1) is 13.1. The number of nitrogens with zero attached hydrogens (tertiary/aromatic N) is 1. The van der Waals surface area contributed by atoms with E-state index < -0.39 is 41.7 Å². The number of likely N-dealkylation sites (N-methyl/N-ethyl adjacent to an activating group) is 1. The highest BCUT2D eigenvalue weighted by molar-refractivity contribution is 6.00. The number of carbonyl (C=O) groups is 4. The van der Waals surface area contributed by atoms with Crippen molar-refractivity contribution in [2.24, 2.45) is 17.6 Å². The summed E-state index contributed by atoms with van der Waals surface area (Å²) in [4.78, 5) is 53.4. The van der Waals surface area contributed by atoms with Gasteiger partial charge in [-0.1, -0.05) is 20.8 Å². The lowest BCUT2D eigenvalue weighted by atomic mass is 9.90. The number of aromatic amines is 1. The SMILES string of the molecule is CC(C)C(C)C[C@H](NC(=O)c1cc[nH]c1)C(=O)N(C)C1C(=O)COC1C(N)=O. The van der Waals surface area contributed by atoms with Crippen LogP contribution >= 0.6 is 0 Å². The molecule has 0 saturated carbocycles. The van der Waals surface area contributed by atoms with Gasteiger partial charge >= 0.3 is 0 Å². The minimum absolute atomic E-state index is 0.136. The van der Waals surface area contributed by atoms with E-state index in [0.717, 1.165) is 0 Å². The molecule has 154 valence electrons. The maximum Gasteiger partial charge on any atom is 0.253 e. The molecule has 28 heavy (non-hydrogen) atoms. The molecular weight excluding hydrogens is 364 g/mol. The number of carbonyl (C=O) groups excluding carboxylic acids is 4. The Labute approximate surface area is 164 Å². The van der Waals surface area contributed by atoms with Crippen molar-refractivity contribution < 1.29 is 23.9 Å². The molecule has 0 aliphatic carbocycles. The molecule has 0 spiro atoms. The highest BCUT2D eigenvalue weighted by atomic mass is 16.5. The van der Waals surface area contributed by atoms with E-state index in [4.69, 9.17) is 10.5 Å². The Morgan fingerprint density at radius 1 is 1.36 bits per heavy atom. The van der Waals surface area contributed by atoms with Crippen LogP contribution in [0.3, 0.4) is 0 Å². The molecular formula is C19H28N4O5. The maximum atomic E-state index is 13.2. The zero-order chi connectivity index (χ0) is 21.0. The van der Waals surface area contributed by atoms with Gasteiger partial charge in [0.05, 0.1) is 5.56 Å². The summed E-state index contributed by atoms with van der Waals surface area (Å²) in [7, 11) is 1.42. The molecule has 1 aliphatic rings. The summed E-state index contributed by atoms with van der Waals surface area (Å²) < 4.78 is 5.14. The number of rotatable bonds is 8. The average molecular weight is 392 g/mol. The lowest BCUT2D eigenvalue weighted by Gasteiger charge is -2.31. The molecule has 4 atom stereocenters. The molecule has 4 N–H and O–H groups in total. The van der Waals surface area contributed by atoms with Crippen LogP contribution in [0.2, 0.25) is 0 Å². The molecule has 0 radical (unpaired) electrons. The Kier molecular flexibility index (Phi) is 6.95. The number of hydrogen-bond donors (Lipinski definition) is 3. The van der Waals surface area contributed by atoms with E-state index >= 15 is 0 Å². The summed E-state index contributed by atoms with van der Waals surface area (Å²) in [6, 6.07) is -0.345. The fourth-order valence-corrected chi connectivity index (χ4v) is 3.13. The molecule has 3 amide bonds. The van der Waals surface area contributed by atoms with Gasteiger partial charge in [0, 0.05) is 19.4 Å². The maximum absolute atomic E-state index is 13.2. The normalized spacial score (nSPS) is 21.4. The van der Waals surface area contributed by atoms with Crippen molar-refractivity contribution in [2.45, 2.75) is 45.4 Å². The molecule has 3 unspecified atom stereocenters. The van der Waals surface area contributed by atoms with Crippen LogP contribution in [0.5, 0.6) is 0 Å².